The molecule has 1 saturated heterocycles. The van der Waals surface area contributed by atoms with Crippen LogP contribution in [0.25, 0.3) is 0 Å². The summed E-state index contributed by atoms with van der Waals surface area (Å²) in [6.45, 7) is 5.80. The first-order valence-corrected chi connectivity index (χ1v) is 10.2. The van der Waals surface area contributed by atoms with Gasteiger partial charge in [0, 0.05) is 24.7 Å². The average Bonchev–Trinajstić information content (AvgIpc) is 2.61. The Morgan fingerprint density at radius 3 is 2.35 bits per heavy atom. The molecule has 1 aromatic rings. The number of nitrogens with one attached hydrogen (secondary N) is 1. The Hall–Kier alpha value is -1.93. The number of hydrogen-bond acceptors (Lipinski definition) is 4. The zero-order valence-corrected chi connectivity index (χ0v) is 16.2. The molecule has 0 spiro atoms. The van der Waals surface area contributed by atoms with Gasteiger partial charge in [-0.15, -0.1) is 0 Å². The van der Waals surface area contributed by atoms with Crippen LogP contribution < -0.4 is 5.32 Å². The number of carboxylic acid groups (broad SMARTS) is 1. The summed E-state index contributed by atoms with van der Waals surface area (Å²) in [6, 6.07) is 3.96. The van der Waals surface area contributed by atoms with E-state index in [0.717, 1.165) is 19.3 Å². The van der Waals surface area contributed by atoms with E-state index in [2.05, 4.69) is 5.32 Å². The van der Waals surface area contributed by atoms with Crippen LogP contribution >= 0.6 is 0 Å². The molecule has 1 fully saturated rings. The summed E-state index contributed by atoms with van der Waals surface area (Å²) in [7, 11) is -3.65. The van der Waals surface area contributed by atoms with Gasteiger partial charge in [-0.2, -0.15) is 4.31 Å². The van der Waals surface area contributed by atoms with Gasteiger partial charge >= 0.3 is 5.97 Å². The fourth-order valence-electron chi connectivity index (χ4n) is 2.89. The number of carbonyl (C=O) groups is 2. The molecule has 1 heterocycles. The van der Waals surface area contributed by atoms with Gasteiger partial charge in [-0.25, -0.2) is 8.42 Å². The maximum absolute atomic E-state index is 12.9. The fraction of sp³-hybridized carbons (Fsp3) is 0.556. The van der Waals surface area contributed by atoms with E-state index >= 15 is 0 Å². The highest BCUT2D eigenvalue weighted by atomic mass is 32.2. The highest BCUT2D eigenvalue weighted by Crippen LogP contribution is 2.24. The van der Waals surface area contributed by atoms with Crippen LogP contribution in [0.1, 0.15) is 49.0 Å². The molecule has 0 saturated carbocycles. The van der Waals surface area contributed by atoms with E-state index < -0.39 is 33.9 Å². The number of aliphatic carboxylic acids is 1. The lowest BCUT2D eigenvalue weighted by molar-refractivity contribution is -0.141. The van der Waals surface area contributed by atoms with Crippen LogP contribution in [0, 0.1) is 12.8 Å². The van der Waals surface area contributed by atoms with E-state index in [1.807, 2.05) is 0 Å². The SMILES string of the molecule is Cc1ccc(C(=O)NC(C)C(C)C(=O)O)cc1S(=O)(=O)N1CCCCC1. The summed E-state index contributed by atoms with van der Waals surface area (Å²) in [5.74, 6) is -2.24. The Labute approximate surface area is 154 Å². The zero-order chi connectivity index (χ0) is 19.5. The molecule has 1 amide bonds. The molecule has 7 nitrogen and oxygen atoms in total. The van der Waals surface area contributed by atoms with E-state index in [-0.39, 0.29) is 10.5 Å². The first kappa shape index (κ1) is 20.4. The average molecular weight is 382 g/mol. The van der Waals surface area contributed by atoms with Gasteiger partial charge in [0.1, 0.15) is 0 Å². The standard InChI is InChI=1S/C18H26N2O5S/c1-12-7-8-15(17(21)19-14(3)13(2)18(22)23)11-16(12)26(24,25)20-9-5-4-6-10-20/h7-8,11,13-14H,4-6,9-10H2,1-3H3,(H,19,21)(H,22,23). The quantitative estimate of drug-likeness (QED) is 0.783. The van der Waals surface area contributed by atoms with Crippen LogP contribution in [0.2, 0.25) is 0 Å². The van der Waals surface area contributed by atoms with Crippen molar-refractivity contribution in [2.75, 3.05) is 13.1 Å². The largest absolute Gasteiger partial charge is 0.481 e. The number of aryl methyl sites for hydroxylation is 1. The van der Waals surface area contributed by atoms with Crippen LogP contribution in [0.15, 0.2) is 23.1 Å². The molecule has 8 heteroatoms. The molecule has 0 aromatic heterocycles. The highest BCUT2D eigenvalue weighted by Gasteiger charge is 2.28. The van der Waals surface area contributed by atoms with Gasteiger partial charge in [0.05, 0.1) is 10.8 Å². The molecule has 0 bridgehead atoms. The molecular weight excluding hydrogens is 356 g/mol. The number of nitrogens with zero attached hydrogens (tertiary/aromatic N) is 1. The molecule has 2 atom stereocenters. The molecule has 1 aliphatic rings. The van der Waals surface area contributed by atoms with Crippen molar-refractivity contribution in [1.82, 2.24) is 9.62 Å². The van der Waals surface area contributed by atoms with Crippen molar-refractivity contribution in [3.05, 3.63) is 29.3 Å². The molecule has 1 aliphatic heterocycles. The van der Waals surface area contributed by atoms with Crippen molar-refractivity contribution in [2.24, 2.45) is 5.92 Å². The van der Waals surface area contributed by atoms with Crippen molar-refractivity contribution in [3.63, 3.8) is 0 Å². The summed E-state index contributed by atoms with van der Waals surface area (Å²) >= 11 is 0. The Balaban J connectivity index is 2.26. The number of rotatable bonds is 6. The third-order valence-corrected chi connectivity index (χ3v) is 6.92. The molecular formula is C18H26N2O5S. The Morgan fingerprint density at radius 1 is 1.15 bits per heavy atom. The molecule has 2 rings (SSSR count). The van der Waals surface area contributed by atoms with E-state index in [9.17, 15) is 18.0 Å². The number of amides is 1. The second kappa shape index (κ2) is 8.18. The molecule has 1 aromatic carbocycles. The van der Waals surface area contributed by atoms with Crippen molar-refractivity contribution in [2.45, 2.75) is 51.0 Å². The van der Waals surface area contributed by atoms with Gasteiger partial charge in [-0.3, -0.25) is 9.59 Å². The minimum Gasteiger partial charge on any atom is -0.481 e. The number of piperidine rings is 1. The smallest absolute Gasteiger partial charge is 0.308 e. The summed E-state index contributed by atoms with van der Waals surface area (Å²) in [5, 5.41) is 11.7. The Morgan fingerprint density at radius 2 is 1.77 bits per heavy atom. The van der Waals surface area contributed by atoms with Crippen molar-refractivity contribution in [1.29, 1.82) is 0 Å². The predicted molar refractivity (Wildman–Crippen MR) is 97.5 cm³/mol. The van der Waals surface area contributed by atoms with Crippen LogP contribution in [0.4, 0.5) is 0 Å². The fourth-order valence-corrected chi connectivity index (χ4v) is 4.66. The zero-order valence-electron chi connectivity index (χ0n) is 15.4. The lowest BCUT2D eigenvalue weighted by Crippen LogP contribution is -2.40. The molecule has 2 unspecified atom stereocenters. The van der Waals surface area contributed by atoms with Crippen LogP contribution in [0.3, 0.4) is 0 Å². The van der Waals surface area contributed by atoms with E-state index in [1.165, 1.54) is 17.3 Å². The lowest BCUT2D eigenvalue weighted by atomic mass is 10.0. The summed E-state index contributed by atoms with van der Waals surface area (Å²) in [5.41, 5.74) is 0.787. The minimum absolute atomic E-state index is 0.131. The van der Waals surface area contributed by atoms with Crippen molar-refractivity contribution < 1.29 is 23.1 Å². The van der Waals surface area contributed by atoms with E-state index in [0.29, 0.717) is 18.7 Å². The van der Waals surface area contributed by atoms with Gasteiger partial charge in [0.15, 0.2) is 0 Å². The summed E-state index contributed by atoms with van der Waals surface area (Å²) < 4.78 is 27.3. The maximum atomic E-state index is 12.9. The second-order valence-electron chi connectivity index (χ2n) is 6.83. The highest BCUT2D eigenvalue weighted by molar-refractivity contribution is 7.89. The lowest BCUT2D eigenvalue weighted by Gasteiger charge is -2.26. The molecule has 2 N–H and O–H groups in total. The molecule has 144 valence electrons. The van der Waals surface area contributed by atoms with Gasteiger partial charge in [0.25, 0.3) is 5.91 Å². The van der Waals surface area contributed by atoms with Crippen LogP contribution in [0.5, 0.6) is 0 Å². The molecule has 26 heavy (non-hydrogen) atoms. The third-order valence-electron chi connectivity index (χ3n) is 4.88. The van der Waals surface area contributed by atoms with E-state index in [4.69, 9.17) is 5.11 Å². The van der Waals surface area contributed by atoms with Crippen molar-refractivity contribution in [3.8, 4) is 0 Å². The van der Waals surface area contributed by atoms with Gasteiger partial charge in [0.2, 0.25) is 10.0 Å². The monoisotopic (exact) mass is 382 g/mol. The second-order valence-corrected chi connectivity index (χ2v) is 8.74. The Bertz CT molecular complexity index is 785. The van der Waals surface area contributed by atoms with Crippen LogP contribution in [-0.4, -0.2) is 48.8 Å². The van der Waals surface area contributed by atoms with Crippen LogP contribution in [-0.2, 0) is 14.8 Å². The maximum Gasteiger partial charge on any atom is 0.308 e. The van der Waals surface area contributed by atoms with Crippen molar-refractivity contribution >= 4 is 21.9 Å². The van der Waals surface area contributed by atoms with E-state index in [1.54, 1.807) is 26.0 Å². The molecule has 0 aliphatic carbocycles. The number of benzene rings is 1. The van der Waals surface area contributed by atoms with Gasteiger partial charge in [-0.1, -0.05) is 12.5 Å². The summed E-state index contributed by atoms with van der Waals surface area (Å²) in [6.07, 6.45) is 2.69. The predicted octanol–water partition coefficient (Wildman–Crippen LogP) is 2.01. The first-order valence-electron chi connectivity index (χ1n) is 8.79. The first-order chi connectivity index (χ1) is 12.1. The van der Waals surface area contributed by atoms with Gasteiger partial charge in [-0.05, 0) is 51.3 Å². The topological polar surface area (TPSA) is 104 Å². The number of sulfonamides is 1. The summed E-state index contributed by atoms with van der Waals surface area (Å²) in [4.78, 5) is 23.6. The van der Waals surface area contributed by atoms with Gasteiger partial charge < -0.3 is 10.4 Å². The third kappa shape index (κ3) is 4.42. The number of carboxylic acids is 1. The number of hydrogen-bond donors (Lipinski definition) is 2. The minimum atomic E-state index is -3.65. The normalized spacial score (nSPS) is 18.1. The number of carbonyl (C=O) groups excluding carboxylic acids is 1. The Kier molecular flexibility index (Phi) is 6.41. The molecule has 0 radical (unpaired) electrons.